The quantitative estimate of drug-likeness (QED) is 0.643. The van der Waals surface area contributed by atoms with E-state index in [9.17, 15) is 9.59 Å². The Labute approximate surface area is 176 Å². The summed E-state index contributed by atoms with van der Waals surface area (Å²) in [7, 11) is 3.95. The fourth-order valence-corrected chi connectivity index (χ4v) is 4.10. The summed E-state index contributed by atoms with van der Waals surface area (Å²) in [4.78, 5) is 30.7. The number of amides is 1. The van der Waals surface area contributed by atoms with Gasteiger partial charge in [0.1, 0.15) is 5.58 Å². The summed E-state index contributed by atoms with van der Waals surface area (Å²) in [6, 6.07) is 11.5. The number of carbonyl (C=O) groups is 1. The van der Waals surface area contributed by atoms with Crippen molar-refractivity contribution in [2.75, 3.05) is 27.2 Å². The van der Waals surface area contributed by atoms with Crippen LogP contribution in [-0.4, -0.2) is 42.9 Å². The molecule has 1 aliphatic heterocycles. The largest absolute Gasteiger partial charge is 0.450 e. The van der Waals surface area contributed by atoms with Crippen LogP contribution in [0.2, 0.25) is 0 Å². The maximum absolute atomic E-state index is 13.6. The fourth-order valence-electron chi connectivity index (χ4n) is 4.10. The molecule has 0 bridgehead atoms. The van der Waals surface area contributed by atoms with Crippen LogP contribution in [0, 0.1) is 13.8 Å². The van der Waals surface area contributed by atoms with Crippen LogP contribution in [0.1, 0.15) is 51.3 Å². The molecule has 1 atom stereocenters. The SMILES string of the molecule is CCc1ccc(C2c3c(oc4cc(C)c(C)cc4c3=O)C(=O)N2CCN(C)C)cc1. The number of likely N-dealkylation sites (N-methyl/N-ethyl adjacent to an activating group) is 1. The Morgan fingerprint density at radius 3 is 2.33 bits per heavy atom. The number of nitrogens with zero attached hydrogens (tertiary/aromatic N) is 2. The Bertz CT molecular complexity index is 1180. The molecule has 2 aromatic carbocycles. The highest BCUT2D eigenvalue weighted by Crippen LogP contribution is 2.38. The van der Waals surface area contributed by atoms with Crippen molar-refractivity contribution in [3.63, 3.8) is 0 Å². The molecule has 2 heterocycles. The average molecular weight is 405 g/mol. The van der Waals surface area contributed by atoms with Crippen LogP contribution in [0.15, 0.2) is 45.6 Å². The second kappa shape index (κ2) is 7.73. The second-order valence-electron chi connectivity index (χ2n) is 8.41. The molecule has 0 N–H and O–H groups in total. The number of aryl methyl sites for hydroxylation is 3. The minimum absolute atomic E-state index is 0.111. The highest BCUT2D eigenvalue weighted by molar-refractivity contribution is 5.99. The summed E-state index contributed by atoms with van der Waals surface area (Å²) in [6.45, 7) is 7.29. The third-order valence-electron chi connectivity index (χ3n) is 6.07. The van der Waals surface area contributed by atoms with Gasteiger partial charge < -0.3 is 14.2 Å². The van der Waals surface area contributed by atoms with Crippen molar-refractivity contribution in [3.8, 4) is 0 Å². The molecule has 30 heavy (non-hydrogen) atoms. The minimum Gasteiger partial charge on any atom is -0.450 e. The van der Waals surface area contributed by atoms with Gasteiger partial charge in [-0.15, -0.1) is 0 Å². The molecule has 1 amide bonds. The van der Waals surface area contributed by atoms with E-state index in [0.29, 0.717) is 29.6 Å². The summed E-state index contributed by atoms with van der Waals surface area (Å²) < 4.78 is 6.06. The standard InChI is InChI=1S/C25H28N2O3/c1-6-17-7-9-18(10-8-17)22-21-23(28)19-13-15(2)16(3)14-20(19)30-24(21)25(29)27(22)12-11-26(4)5/h7-10,13-14,22H,6,11-12H2,1-5H3. The Balaban J connectivity index is 1.93. The first-order valence-electron chi connectivity index (χ1n) is 10.4. The van der Waals surface area contributed by atoms with E-state index in [1.807, 2.05) is 57.1 Å². The van der Waals surface area contributed by atoms with Crippen LogP contribution in [0.25, 0.3) is 11.0 Å². The first-order valence-corrected chi connectivity index (χ1v) is 10.4. The van der Waals surface area contributed by atoms with Crippen LogP contribution in [-0.2, 0) is 6.42 Å². The molecule has 4 rings (SSSR count). The highest BCUT2D eigenvalue weighted by Gasteiger charge is 2.42. The van der Waals surface area contributed by atoms with E-state index in [-0.39, 0.29) is 17.1 Å². The Kier molecular flexibility index (Phi) is 5.24. The molecular weight excluding hydrogens is 376 g/mol. The maximum Gasteiger partial charge on any atom is 0.290 e. The Hall–Kier alpha value is -2.92. The van der Waals surface area contributed by atoms with Gasteiger partial charge in [0.2, 0.25) is 5.76 Å². The summed E-state index contributed by atoms with van der Waals surface area (Å²) in [5.41, 5.74) is 5.05. The molecule has 1 aromatic heterocycles. The fraction of sp³-hybridized carbons (Fsp3) is 0.360. The minimum atomic E-state index is -0.430. The second-order valence-corrected chi connectivity index (χ2v) is 8.41. The van der Waals surface area contributed by atoms with E-state index in [2.05, 4.69) is 19.1 Å². The van der Waals surface area contributed by atoms with Gasteiger partial charge in [0, 0.05) is 13.1 Å². The molecule has 0 saturated heterocycles. The van der Waals surface area contributed by atoms with Crippen LogP contribution in [0.3, 0.4) is 0 Å². The smallest absolute Gasteiger partial charge is 0.290 e. The van der Waals surface area contributed by atoms with Gasteiger partial charge in [-0.2, -0.15) is 0 Å². The van der Waals surface area contributed by atoms with Gasteiger partial charge in [-0.25, -0.2) is 0 Å². The lowest BCUT2D eigenvalue weighted by Gasteiger charge is -2.26. The molecule has 5 heteroatoms. The van der Waals surface area contributed by atoms with Gasteiger partial charge in [0.05, 0.1) is 17.0 Å². The van der Waals surface area contributed by atoms with Gasteiger partial charge in [0.15, 0.2) is 5.43 Å². The molecule has 0 fully saturated rings. The number of hydrogen-bond donors (Lipinski definition) is 0. The predicted octanol–water partition coefficient (Wildman–Crippen LogP) is 4.08. The zero-order chi connectivity index (χ0) is 21.6. The lowest BCUT2D eigenvalue weighted by atomic mass is 9.96. The van der Waals surface area contributed by atoms with Crippen molar-refractivity contribution in [1.29, 1.82) is 0 Å². The van der Waals surface area contributed by atoms with Crippen molar-refractivity contribution >= 4 is 16.9 Å². The average Bonchev–Trinajstić information content (AvgIpc) is 3.00. The molecule has 5 nitrogen and oxygen atoms in total. The van der Waals surface area contributed by atoms with Crippen LogP contribution < -0.4 is 5.43 Å². The van der Waals surface area contributed by atoms with Gasteiger partial charge >= 0.3 is 0 Å². The maximum atomic E-state index is 13.6. The Morgan fingerprint density at radius 1 is 1.03 bits per heavy atom. The summed E-state index contributed by atoms with van der Waals surface area (Å²) in [5.74, 6) is -0.0345. The van der Waals surface area contributed by atoms with Crippen LogP contribution >= 0.6 is 0 Å². The molecule has 156 valence electrons. The molecule has 0 saturated carbocycles. The number of rotatable bonds is 5. The Morgan fingerprint density at radius 2 is 1.70 bits per heavy atom. The zero-order valence-corrected chi connectivity index (χ0v) is 18.3. The third-order valence-corrected chi connectivity index (χ3v) is 6.07. The number of benzene rings is 2. The van der Waals surface area contributed by atoms with Crippen molar-refractivity contribution in [3.05, 3.63) is 80.2 Å². The van der Waals surface area contributed by atoms with E-state index < -0.39 is 6.04 Å². The van der Waals surface area contributed by atoms with Crippen molar-refractivity contribution < 1.29 is 9.21 Å². The first-order chi connectivity index (χ1) is 14.3. The number of carbonyl (C=O) groups excluding carboxylic acids is 1. The van der Waals surface area contributed by atoms with Crippen LogP contribution in [0.4, 0.5) is 0 Å². The third kappa shape index (κ3) is 3.33. The van der Waals surface area contributed by atoms with Gasteiger partial charge in [0.25, 0.3) is 5.91 Å². The van der Waals surface area contributed by atoms with E-state index in [4.69, 9.17) is 4.42 Å². The van der Waals surface area contributed by atoms with Crippen molar-refractivity contribution in [1.82, 2.24) is 9.80 Å². The van der Waals surface area contributed by atoms with Crippen molar-refractivity contribution in [2.24, 2.45) is 0 Å². The number of hydrogen-bond acceptors (Lipinski definition) is 4. The summed E-state index contributed by atoms with van der Waals surface area (Å²) in [6.07, 6.45) is 0.941. The monoisotopic (exact) mass is 404 g/mol. The van der Waals surface area contributed by atoms with Crippen molar-refractivity contribution in [2.45, 2.75) is 33.2 Å². The lowest BCUT2D eigenvalue weighted by Crippen LogP contribution is -2.35. The molecule has 3 aromatic rings. The van der Waals surface area contributed by atoms with E-state index in [1.165, 1.54) is 5.56 Å². The molecule has 1 unspecified atom stereocenters. The van der Waals surface area contributed by atoms with Gasteiger partial charge in [-0.1, -0.05) is 31.2 Å². The van der Waals surface area contributed by atoms with E-state index in [0.717, 1.165) is 23.1 Å². The topological polar surface area (TPSA) is 53.8 Å². The predicted molar refractivity (Wildman–Crippen MR) is 119 cm³/mol. The van der Waals surface area contributed by atoms with Gasteiger partial charge in [-0.3, -0.25) is 9.59 Å². The zero-order valence-electron chi connectivity index (χ0n) is 18.3. The molecule has 0 spiro atoms. The lowest BCUT2D eigenvalue weighted by molar-refractivity contribution is 0.0716. The van der Waals surface area contributed by atoms with E-state index >= 15 is 0 Å². The summed E-state index contributed by atoms with van der Waals surface area (Å²) >= 11 is 0. The molecule has 0 radical (unpaired) electrons. The highest BCUT2D eigenvalue weighted by atomic mass is 16.3. The summed E-state index contributed by atoms with van der Waals surface area (Å²) in [5, 5.41) is 0.536. The van der Waals surface area contributed by atoms with Crippen LogP contribution in [0.5, 0.6) is 0 Å². The van der Waals surface area contributed by atoms with E-state index in [1.54, 1.807) is 4.90 Å². The molecular formula is C25H28N2O3. The normalized spacial score (nSPS) is 16.0. The number of fused-ring (bicyclic) bond motifs is 2. The molecule has 1 aliphatic rings. The van der Waals surface area contributed by atoms with Gasteiger partial charge in [-0.05, 0) is 68.8 Å². The first kappa shape index (κ1) is 20.4. The molecule has 0 aliphatic carbocycles.